The molecule has 6 heteroatoms. The average molecular weight is 286 g/mol. The molecule has 1 aromatic carbocycles. The Labute approximate surface area is 123 Å². The summed E-state index contributed by atoms with van der Waals surface area (Å²) in [4.78, 5) is 14.6. The molecular weight excluding hydrogens is 268 g/mol. The number of carbonyl (C=O) groups excluding carboxylic acids is 1. The smallest absolute Gasteiger partial charge is 0.180 e. The van der Waals surface area contributed by atoms with Crippen LogP contribution in [0.5, 0.6) is 5.75 Å². The zero-order chi connectivity index (χ0) is 14.7. The average Bonchev–Trinajstić information content (AvgIpc) is 2.95. The molecule has 3 rings (SSSR count). The summed E-state index contributed by atoms with van der Waals surface area (Å²) in [5, 5.41) is 7.96. The lowest BCUT2D eigenvalue weighted by Crippen LogP contribution is -2.37. The number of aromatic nitrogens is 3. The number of benzene rings is 1. The fraction of sp³-hybridized carbons (Fsp3) is 0.400. The second-order valence-electron chi connectivity index (χ2n) is 5.00. The molecule has 0 spiro atoms. The van der Waals surface area contributed by atoms with E-state index in [1.54, 1.807) is 6.33 Å². The monoisotopic (exact) mass is 286 g/mol. The maximum absolute atomic E-state index is 12.5. The number of ether oxygens (including phenoxy) is 1. The molecule has 1 aliphatic heterocycles. The molecule has 0 amide bonds. The molecule has 0 aliphatic carbocycles. The first-order valence-corrected chi connectivity index (χ1v) is 7.12. The van der Waals surface area contributed by atoms with Crippen molar-refractivity contribution in [1.82, 2.24) is 19.7 Å². The number of hydrogen-bond donors (Lipinski definition) is 0. The quantitative estimate of drug-likeness (QED) is 0.777. The molecule has 0 atom stereocenters. The van der Waals surface area contributed by atoms with E-state index in [1.807, 2.05) is 35.8 Å². The summed E-state index contributed by atoms with van der Waals surface area (Å²) < 4.78 is 7.55. The van der Waals surface area contributed by atoms with Gasteiger partial charge >= 0.3 is 0 Å². The van der Waals surface area contributed by atoms with Crippen molar-refractivity contribution in [3.8, 4) is 5.75 Å². The zero-order valence-electron chi connectivity index (χ0n) is 12.0. The summed E-state index contributed by atoms with van der Waals surface area (Å²) in [7, 11) is 0. The van der Waals surface area contributed by atoms with E-state index in [-0.39, 0.29) is 5.78 Å². The van der Waals surface area contributed by atoms with E-state index in [0.717, 1.165) is 18.9 Å². The highest BCUT2D eigenvalue weighted by atomic mass is 16.5. The molecule has 21 heavy (non-hydrogen) atoms. The highest BCUT2D eigenvalue weighted by Gasteiger charge is 2.21. The van der Waals surface area contributed by atoms with Crippen LogP contribution in [-0.2, 0) is 13.1 Å². The van der Waals surface area contributed by atoms with Crippen molar-refractivity contribution in [3.63, 3.8) is 0 Å². The van der Waals surface area contributed by atoms with Gasteiger partial charge in [0.25, 0.3) is 0 Å². The molecule has 6 nitrogen and oxygen atoms in total. The topological polar surface area (TPSA) is 60.2 Å². The van der Waals surface area contributed by atoms with E-state index in [9.17, 15) is 4.79 Å². The summed E-state index contributed by atoms with van der Waals surface area (Å²) in [6.07, 6.45) is 1.74. The third kappa shape index (κ3) is 2.95. The van der Waals surface area contributed by atoms with Gasteiger partial charge in [-0.1, -0.05) is 12.1 Å². The maximum Gasteiger partial charge on any atom is 0.180 e. The Bertz CT molecular complexity index is 638. The molecule has 0 unspecified atom stereocenters. The van der Waals surface area contributed by atoms with Gasteiger partial charge in [0.15, 0.2) is 5.78 Å². The van der Waals surface area contributed by atoms with Crippen LogP contribution in [0, 0.1) is 0 Å². The lowest BCUT2D eigenvalue weighted by Gasteiger charge is -2.26. The molecular formula is C15H18N4O2. The van der Waals surface area contributed by atoms with Crippen LogP contribution in [0.15, 0.2) is 30.6 Å². The van der Waals surface area contributed by atoms with Crippen LogP contribution >= 0.6 is 0 Å². The van der Waals surface area contributed by atoms with Gasteiger partial charge in [-0.3, -0.25) is 9.69 Å². The van der Waals surface area contributed by atoms with Gasteiger partial charge in [-0.2, -0.15) is 0 Å². The van der Waals surface area contributed by atoms with Gasteiger partial charge in [0.1, 0.15) is 17.9 Å². The van der Waals surface area contributed by atoms with Crippen LogP contribution in [0.25, 0.3) is 0 Å². The van der Waals surface area contributed by atoms with Crippen molar-refractivity contribution >= 4 is 5.78 Å². The Balaban J connectivity index is 1.70. The zero-order valence-corrected chi connectivity index (χ0v) is 12.0. The summed E-state index contributed by atoms with van der Waals surface area (Å²) in [5.41, 5.74) is 0.645. The highest BCUT2D eigenvalue weighted by molar-refractivity contribution is 6.00. The Hall–Kier alpha value is -2.21. The predicted octanol–water partition coefficient (Wildman–Crippen LogP) is 1.38. The van der Waals surface area contributed by atoms with Crippen molar-refractivity contribution in [3.05, 3.63) is 42.0 Å². The fourth-order valence-electron chi connectivity index (χ4n) is 2.52. The molecule has 0 radical (unpaired) electrons. The van der Waals surface area contributed by atoms with Gasteiger partial charge in [0, 0.05) is 13.1 Å². The second-order valence-corrected chi connectivity index (χ2v) is 5.00. The van der Waals surface area contributed by atoms with Gasteiger partial charge in [-0.15, -0.1) is 10.2 Å². The minimum atomic E-state index is 0.0759. The summed E-state index contributed by atoms with van der Waals surface area (Å²) >= 11 is 0. The fourth-order valence-corrected chi connectivity index (χ4v) is 2.52. The molecule has 0 N–H and O–H groups in total. The van der Waals surface area contributed by atoms with Gasteiger partial charge in [0.05, 0.1) is 25.3 Å². The maximum atomic E-state index is 12.5. The van der Waals surface area contributed by atoms with E-state index in [2.05, 4.69) is 15.1 Å². The normalized spacial score (nSPS) is 14.7. The summed E-state index contributed by atoms with van der Waals surface area (Å²) in [6, 6.07) is 7.40. The Kier molecular flexibility index (Phi) is 3.96. The van der Waals surface area contributed by atoms with Crippen molar-refractivity contribution < 1.29 is 9.53 Å². The molecule has 0 bridgehead atoms. The number of para-hydroxylation sites is 1. The van der Waals surface area contributed by atoms with Crippen molar-refractivity contribution in [1.29, 1.82) is 0 Å². The van der Waals surface area contributed by atoms with Crippen molar-refractivity contribution in [2.45, 2.75) is 20.0 Å². The first-order chi connectivity index (χ1) is 10.3. The van der Waals surface area contributed by atoms with E-state index in [4.69, 9.17) is 4.74 Å². The van der Waals surface area contributed by atoms with Crippen molar-refractivity contribution in [2.24, 2.45) is 0 Å². The number of Topliss-reactive ketones (excluding diaryl/α,β-unsaturated/α-hetero) is 1. The SMILES string of the molecule is CCOc1ccccc1C(=O)CN1CCn2cnnc2C1. The third-order valence-electron chi connectivity index (χ3n) is 3.57. The molecule has 1 aliphatic rings. The lowest BCUT2D eigenvalue weighted by molar-refractivity contribution is 0.0904. The predicted molar refractivity (Wildman–Crippen MR) is 77.2 cm³/mol. The first kappa shape index (κ1) is 13.8. The van der Waals surface area contributed by atoms with Gasteiger partial charge in [0.2, 0.25) is 0 Å². The Morgan fingerprint density at radius 1 is 1.33 bits per heavy atom. The number of nitrogens with zero attached hydrogens (tertiary/aromatic N) is 4. The van der Waals surface area contributed by atoms with Crippen molar-refractivity contribution in [2.75, 3.05) is 19.7 Å². The molecule has 110 valence electrons. The van der Waals surface area contributed by atoms with Gasteiger partial charge in [-0.05, 0) is 19.1 Å². The molecule has 0 saturated heterocycles. The number of rotatable bonds is 5. The van der Waals surface area contributed by atoms with Gasteiger partial charge < -0.3 is 9.30 Å². The third-order valence-corrected chi connectivity index (χ3v) is 3.57. The van der Waals surface area contributed by atoms with E-state index >= 15 is 0 Å². The number of carbonyl (C=O) groups is 1. The molecule has 1 aromatic heterocycles. The largest absolute Gasteiger partial charge is 0.493 e. The molecule has 0 saturated carbocycles. The number of fused-ring (bicyclic) bond motifs is 1. The molecule has 2 aromatic rings. The standard InChI is InChI=1S/C15H18N4O2/c1-2-21-14-6-4-3-5-12(14)13(20)9-18-7-8-19-11-16-17-15(19)10-18/h3-6,11H,2,7-10H2,1H3. The van der Waals surface area contributed by atoms with E-state index in [1.165, 1.54) is 0 Å². The Morgan fingerprint density at radius 2 is 2.19 bits per heavy atom. The number of ketones is 1. The van der Waals surface area contributed by atoms with Gasteiger partial charge in [-0.25, -0.2) is 0 Å². The van der Waals surface area contributed by atoms with Crippen LogP contribution in [-0.4, -0.2) is 45.1 Å². The molecule has 0 fully saturated rings. The second kappa shape index (κ2) is 6.05. The summed E-state index contributed by atoms with van der Waals surface area (Å²) in [6.45, 7) is 5.14. The first-order valence-electron chi connectivity index (χ1n) is 7.12. The minimum absolute atomic E-state index is 0.0759. The number of hydrogen-bond acceptors (Lipinski definition) is 5. The van der Waals surface area contributed by atoms with E-state index < -0.39 is 0 Å². The Morgan fingerprint density at radius 3 is 3.05 bits per heavy atom. The minimum Gasteiger partial charge on any atom is -0.493 e. The van der Waals surface area contributed by atoms with E-state index in [0.29, 0.717) is 31.0 Å². The van der Waals surface area contributed by atoms with Crippen LogP contribution < -0.4 is 4.74 Å². The lowest BCUT2D eigenvalue weighted by atomic mass is 10.1. The highest BCUT2D eigenvalue weighted by Crippen LogP contribution is 2.19. The van der Waals surface area contributed by atoms with Crippen LogP contribution in [0.3, 0.4) is 0 Å². The van der Waals surface area contributed by atoms with Crippen LogP contribution in [0.2, 0.25) is 0 Å². The summed E-state index contributed by atoms with van der Waals surface area (Å²) in [5.74, 6) is 1.64. The van der Waals surface area contributed by atoms with Crippen LogP contribution in [0.4, 0.5) is 0 Å². The molecule has 2 heterocycles. The van der Waals surface area contributed by atoms with Crippen LogP contribution in [0.1, 0.15) is 23.1 Å².